The molecule has 1 aliphatic heterocycles. The topological polar surface area (TPSA) is 58.6 Å². The Bertz CT molecular complexity index is 435. The molecule has 3 unspecified atom stereocenters. The van der Waals surface area contributed by atoms with Crippen LogP contribution in [0.15, 0.2) is 30.3 Å². The van der Waals surface area contributed by atoms with Gasteiger partial charge in [-0.05, 0) is 5.56 Å². The molecule has 1 fully saturated rings. The quantitative estimate of drug-likeness (QED) is 0.824. The molecule has 1 heterocycles. The molecule has 98 valence electrons. The van der Waals surface area contributed by atoms with E-state index in [2.05, 4.69) is 5.32 Å². The lowest BCUT2D eigenvalue weighted by Crippen LogP contribution is -2.36. The molecule has 7 heteroatoms. The molecule has 0 radical (unpaired) electrons. The van der Waals surface area contributed by atoms with E-state index in [0.29, 0.717) is 0 Å². The van der Waals surface area contributed by atoms with Crippen LogP contribution in [-0.4, -0.2) is 27.2 Å². The van der Waals surface area contributed by atoms with Crippen molar-refractivity contribution in [3.63, 3.8) is 0 Å². The number of hydrogen-bond donors (Lipinski definition) is 2. The lowest BCUT2D eigenvalue weighted by Gasteiger charge is -2.19. The summed E-state index contributed by atoms with van der Waals surface area (Å²) in [5, 5.41) is 12.0. The molecule has 1 saturated heterocycles. The van der Waals surface area contributed by atoms with Crippen LogP contribution in [0.25, 0.3) is 0 Å². The van der Waals surface area contributed by atoms with Crippen molar-refractivity contribution in [3.8, 4) is 0 Å². The van der Waals surface area contributed by atoms with E-state index < -0.39 is 28.1 Å². The maximum atomic E-state index is 11.2. The largest absolute Gasteiger partial charge is 0.479 e. The van der Waals surface area contributed by atoms with Gasteiger partial charge in [-0.2, -0.15) is 0 Å². The van der Waals surface area contributed by atoms with E-state index in [4.69, 9.17) is 44.6 Å². The number of alkyl halides is 3. The van der Waals surface area contributed by atoms with Gasteiger partial charge >= 0.3 is 5.97 Å². The van der Waals surface area contributed by atoms with Gasteiger partial charge in [0.05, 0.1) is 6.04 Å². The van der Waals surface area contributed by atoms with Crippen molar-refractivity contribution >= 4 is 40.8 Å². The molecule has 0 bridgehead atoms. The minimum Gasteiger partial charge on any atom is -0.479 e. The second-order valence-corrected chi connectivity index (χ2v) is 6.24. The molecule has 1 aliphatic rings. The van der Waals surface area contributed by atoms with Crippen molar-refractivity contribution in [1.29, 1.82) is 0 Å². The number of carboxylic acids is 1. The highest BCUT2D eigenvalue weighted by Gasteiger charge is 2.47. The Hall–Kier alpha value is -0.520. The van der Waals surface area contributed by atoms with Crippen LogP contribution in [-0.2, 0) is 9.53 Å². The molecule has 3 atom stereocenters. The Kier molecular flexibility index (Phi) is 4.04. The molecular formula is C11H10Cl3NO3. The van der Waals surface area contributed by atoms with Crippen LogP contribution >= 0.6 is 34.8 Å². The molecule has 0 amide bonds. The van der Waals surface area contributed by atoms with Crippen molar-refractivity contribution in [3.05, 3.63) is 35.9 Å². The molecule has 0 saturated carbocycles. The zero-order valence-electron chi connectivity index (χ0n) is 9.02. The highest BCUT2D eigenvalue weighted by molar-refractivity contribution is 6.68. The average molecular weight is 311 g/mol. The number of hydrogen-bond acceptors (Lipinski definition) is 3. The van der Waals surface area contributed by atoms with Crippen LogP contribution in [0.1, 0.15) is 11.6 Å². The third-order valence-corrected chi connectivity index (χ3v) is 3.21. The minimum absolute atomic E-state index is 0.552. The van der Waals surface area contributed by atoms with E-state index in [0.717, 1.165) is 5.56 Å². The van der Waals surface area contributed by atoms with E-state index in [-0.39, 0.29) is 0 Å². The van der Waals surface area contributed by atoms with Gasteiger partial charge in [0.15, 0.2) is 12.3 Å². The van der Waals surface area contributed by atoms with E-state index in [1.165, 1.54) is 0 Å². The smallest absolute Gasteiger partial charge is 0.334 e. The Morgan fingerprint density at radius 2 is 1.89 bits per heavy atom. The molecule has 2 rings (SSSR count). The van der Waals surface area contributed by atoms with Crippen molar-refractivity contribution in [2.75, 3.05) is 0 Å². The number of carbonyl (C=O) groups is 1. The third-order valence-electron chi connectivity index (χ3n) is 2.62. The number of aliphatic carboxylic acids is 1. The summed E-state index contributed by atoms with van der Waals surface area (Å²) in [6, 6.07) is 8.47. The Morgan fingerprint density at radius 3 is 2.39 bits per heavy atom. The monoisotopic (exact) mass is 309 g/mol. The summed E-state index contributed by atoms with van der Waals surface area (Å²) < 4.78 is 3.52. The Labute approximate surface area is 119 Å². The summed E-state index contributed by atoms with van der Waals surface area (Å²) in [4.78, 5) is 11.2. The van der Waals surface area contributed by atoms with E-state index in [1.54, 1.807) is 24.3 Å². The first-order chi connectivity index (χ1) is 8.39. The standard InChI is InChI=1S/C11H10Cl3NO3/c12-11(13,14)10-15-7(8(18-10)9(16)17)6-4-2-1-3-5-6/h1-5,7-8,10,15H,(H,16,17). The fraction of sp³-hybridized carbons (Fsp3) is 0.364. The van der Waals surface area contributed by atoms with Gasteiger partial charge in [-0.25, -0.2) is 4.79 Å². The van der Waals surface area contributed by atoms with Gasteiger partial charge in [-0.1, -0.05) is 65.1 Å². The van der Waals surface area contributed by atoms with E-state index in [1.807, 2.05) is 6.07 Å². The summed E-state index contributed by atoms with van der Waals surface area (Å²) in [7, 11) is 0. The average Bonchev–Trinajstić information content (AvgIpc) is 2.74. The predicted molar refractivity (Wildman–Crippen MR) is 68.9 cm³/mol. The summed E-state index contributed by atoms with van der Waals surface area (Å²) in [5.74, 6) is -1.10. The van der Waals surface area contributed by atoms with Gasteiger partial charge in [0.25, 0.3) is 0 Å². The van der Waals surface area contributed by atoms with Gasteiger partial charge in [-0.3, -0.25) is 5.32 Å². The summed E-state index contributed by atoms with van der Waals surface area (Å²) in [5.41, 5.74) is 0.765. The predicted octanol–water partition coefficient (Wildman–Crippen LogP) is 2.50. The van der Waals surface area contributed by atoms with Crippen LogP contribution in [0.3, 0.4) is 0 Å². The normalized spacial score (nSPS) is 28.3. The summed E-state index contributed by atoms with van der Waals surface area (Å²) in [6.07, 6.45) is -2.05. The maximum absolute atomic E-state index is 11.2. The number of nitrogens with one attached hydrogen (secondary N) is 1. The lowest BCUT2D eigenvalue weighted by atomic mass is 10.0. The van der Waals surface area contributed by atoms with Gasteiger partial charge in [0.2, 0.25) is 3.79 Å². The van der Waals surface area contributed by atoms with Crippen LogP contribution < -0.4 is 5.32 Å². The molecular weight excluding hydrogens is 300 g/mol. The third kappa shape index (κ3) is 2.90. The van der Waals surface area contributed by atoms with E-state index >= 15 is 0 Å². The Morgan fingerprint density at radius 1 is 1.28 bits per heavy atom. The molecule has 1 aromatic rings. The van der Waals surface area contributed by atoms with Gasteiger partial charge in [0.1, 0.15) is 0 Å². The van der Waals surface area contributed by atoms with Crippen molar-refractivity contribution in [2.24, 2.45) is 0 Å². The second kappa shape index (κ2) is 5.23. The fourth-order valence-corrected chi connectivity index (χ4v) is 2.16. The first-order valence-corrected chi connectivity index (χ1v) is 6.29. The van der Waals surface area contributed by atoms with Crippen molar-refractivity contribution in [1.82, 2.24) is 5.32 Å². The number of ether oxygens (including phenoxy) is 1. The Balaban J connectivity index is 2.26. The van der Waals surface area contributed by atoms with Crippen LogP contribution in [0.2, 0.25) is 0 Å². The fourth-order valence-electron chi connectivity index (χ4n) is 1.82. The molecule has 1 aromatic carbocycles. The highest BCUT2D eigenvalue weighted by atomic mass is 35.6. The highest BCUT2D eigenvalue weighted by Crippen LogP contribution is 2.38. The molecule has 2 N–H and O–H groups in total. The molecule has 0 aromatic heterocycles. The van der Waals surface area contributed by atoms with Crippen molar-refractivity contribution in [2.45, 2.75) is 22.2 Å². The maximum Gasteiger partial charge on any atom is 0.334 e. The van der Waals surface area contributed by atoms with Crippen molar-refractivity contribution < 1.29 is 14.6 Å². The number of benzene rings is 1. The summed E-state index contributed by atoms with van der Waals surface area (Å²) >= 11 is 17.1. The van der Waals surface area contributed by atoms with E-state index in [9.17, 15) is 4.79 Å². The lowest BCUT2D eigenvalue weighted by molar-refractivity contribution is -0.150. The SMILES string of the molecule is O=C(O)C1OC(C(Cl)(Cl)Cl)NC1c1ccccc1. The number of halogens is 3. The first-order valence-electron chi connectivity index (χ1n) is 5.15. The zero-order valence-corrected chi connectivity index (χ0v) is 11.3. The molecule has 18 heavy (non-hydrogen) atoms. The van der Waals surface area contributed by atoms with Gasteiger partial charge in [-0.15, -0.1) is 0 Å². The van der Waals surface area contributed by atoms with Crippen LogP contribution in [0, 0.1) is 0 Å². The number of rotatable bonds is 2. The van der Waals surface area contributed by atoms with Crippen LogP contribution in [0.4, 0.5) is 0 Å². The molecule has 4 nitrogen and oxygen atoms in total. The second-order valence-electron chi connectivity index (χ2n) is 3.87. The minimum atomic E-state index is -1.72. The molecule has 0 spiro atoms. The summed E-state index contributed by atoms with van der Waals surface area (Å²) in [6.45, 7) is 0. The zero-order chi connectivity index (χ0) is 13.3. The number of carboxylic acid groups (broad SMARTS) is 1. The van der Waals surface area contributed by atoms with Crippen LogP contribution in [0.5, 0.6) is 0 Å². The van der Waals surface area contributed by atoms with Gasteiger partial charge < -0.3 is 9.84 Å². The molecule has 0 aliphatic carbocycles. The van der Waals surface area contributed by atoms with Gasteiger partial charge in [0, 0.05) is 0 Å². The first kappa shape index (κ1) is 13.9.